The first-order chi connectivity index (χ1) is 13.6. The van der Waals surface area contributed by atoms with Crippen molar-refractivity contribution in [3.63, 3.8) is 0 Å². The largest absolute Gasteiger partial charge is 0.495 e. The minimum atomic E-state index is -3.50. The molecule has 6 nitrogen and oxygen atoms in total. The molecular formula is C22H30N2O4S. The number of benzene rings is 2. The van der Waals surface area contributed by atoms with Crippen LogP contribution in [0.1, 0.15) is 42.5 Å². The number of hydrogen-bond acceptors (Lipinski definition) is 4. The molecule has 1 amide bonds. The van der Waals surface area contributed by atoms with Crippen molar-refractivity contribution in [2.45, 2.75) is 39.7 Å². The van der Waals surface area contributed by atoms with Crippen LogP contribution in [0.2, 0.25) is 0 Å². The number of carbonyl (C=O) groups excluding carboxylic acids is 1. The van der Waals surface area contributed by atoms with Gasteiger partial charge in [-0.2, -0.15) is 0 Å². The molecule has 0 saturated heterocycles. The molecule has 0 fully saturated rings. The maximum absolute atomic E-state index is 12.4. The number of aryl methyl sites for hydroxylation is 2. The molecule has 0 aliphatic rings. The van der Waals surface area contributed by atoms with E-state index in [1.165, 1.54) is 22.5 Å². The van der Waals surface area contributed by atoms with E-state index in [4.69, 9.17) is 4.74 Å². The number of rotatable bonds is 9. The van der Waals surface area contributed by atoms with Gasteiger partial charge in [-0.15, -0.1) is 0 Å². The molecule has 0 saturated carbocycles. The van der Waals surface area contributed by atoms with Crippen molar-refractivity contribution in [2.24, 2.45) is 0 Å². The van der Waals surface area contributed by atoms with Crippen LogP contribution in [0.5, 0.6) is 5.75 Å². The number of amides is 1. The van der Waals surface area contributed by atoms with Gasteiger partial charge in [-0.05, 0) is 56.0 Å². The molecule has 2 rings (SSSR count). The lowest BCUT2D eigenvalue weighted by atomic mass is 10.0. The smallest absolute Gasteiger partial charge is 0.232 e. The Labute approximate surface area is 173 Å². The summed E-state index contributed by atoms with van der Waals surface area (Å²) in [5.41, 5.74) is 3.92. The second-order valence-electron chi connectivity index (χ2n) is 7.24. The fourth-order valence-electron chi connectivity index (χ4n) is 3.11. The quantitative estimate of drug-likeness (QED) is 0.673. The van der Waals surface area contributed by atoms with E-state index in [0.29, 0.717) is 17.9 Å². The summed E-state index contributed by atoms with van der Waals surface area (Å²) in [6.07, 6.45) is 1.79. The van der Waals surface area contributed by atoms with Gasteiger partial charge in [-0.25, -0.2) is 8.42 Å². The first kappa shape index (κ1) is 22.7. The molecule has 1 atom stereocenters. The first-order valence-corrected chi connectivity index (χ1v) is 11.5. The molecule has 2 aromatic carbocycles. The van der Waals surface area contributed by atoms with Crippen molar-refractivity contribution in [1.82, 2.24) is 5.32 Å². The molecule has 0 aromatic heterocycles. The van der Waals surface area contributed by atoms with Gasteiger partial charge in [0.25, 0.3) is 0 Å². The molecule has 0 aliphatic heterocycles. The zero-order valence-electron chi connectivity index (χ0n) is 17.7. The van der Waals surface area contributed by atoms with Crippen LogP contribution in [0.25, 0.3) is 0 Å². The molecule has 29 heavy (non-hydrogen) atoms. The number of sulfonamides is 1. The van der Waals surface area contributed by atoms with E-state index in [2.05, 4.69) is 18.3 Å². The van der Waals surface area contributed by atoms with Crippen LogP contribution in [-0.2, 0) is 14.8 Å². The highest BCUT2D eigenvalue weighted by molar-refractivity contribution is 7.92. The van der Waals surface area contributed by atoms with Gasteiger partial charge in [-0.3, -0.25) is 9.10 Å². The van der Waals surface area contributed by atoms with Gasteiger partial charge in [0.15, 0.2) is 0 Å². The van der Waals surface area contributed by atoms with Gasteiger partial charge in [0.2, 0.25) is 15.9 Å². The van der Waals surface area contributed by atoms with Crippen LogP contribution in [0.15, 0.2) is 42.5 Å². The van der Waals surface area contributed by atoms with E-state index in [1.54, 1.807) is 24.3 Å². The topological polar surface area (TPSA) is 75.7 Å². The zero-order valence-corrected chi connectivity index (χ0v) is 18.5. The van der Waals surface area contributed by atoms with Crippen LogP contribution in [0.3, 0.4) is 0 Å². The summed E-state index contributed by atoms with van der Waals surface area (Å²) in [6, 6.07) is 13.0. The minimum Gasteiger partial charge on any atom is -0.495 e. The summed E-state index contributed by atoms with van der Waals surface area (Å²) < 4.78 is 31.1. The van der Waals surface area contributed by atoms with Crippen LogP contribution in [0.4, 0.5) is 5.69 Å². The molecule has 1 N–H and O–H groups in total. The summed E-state index contributed by atoms with van der Waals surface area (Å²) in [7, 11) is -2.00. The van der Waals surface area contributed by atoms with Gasteiger partial charge >= 0.3 is 0 Å². The van der Waals surface area contributed by atoms with Gasteiger partial charge in [0, 0.05) is 13.0 Å². The average molecular weight is 419 g/mol. The summed E-state index contributed by atoms with van der Waals surface area (Å²) >= 11 is 0. The summed E-state index contributed by atoms with van der Waals surface area (Å²) in [5, 5.41) is 2.99. The Balaban J connectivity index is 1.98. The Morgan fingerprint density at radius 3 is 2.45 bits per heavy atom. The number of anilines is 1. The Morgan fingerprint density at radius 1 is 1.14 bits per heavy atom. The van der Waals surface area contributed by atoms with E-state index in [0.717, 1.165) is 11.8 Å². The maximum atomic E-state index is 12.4. The van der Waals surface area contributed by atoms with Crippen molar-refractivity contribution < 1.29 is 17.9 Å². The van der Waals surface area contributed by atoms with Gasteiger partial charge in [0.05, 0.1) is 25.1 Å². The number of hydrogen-bond donors (Lipinski definition) is 1. The monoisotopic (exact) mass is 418 g/mol. The summed E-state index contributed by atoms with van der Waals surface area (Å²) in [4.78, 5) is 12.4. The molecule has 158 valence electrons. The third-order valence-corrected chi connectivity index (χ3v) is 6.11. The Bertz CT molecular complexity index is 957. The number of methoxy groups -OCH3 is 1. The number of para-hydroxylation sites is 2. The van der Waals surface area contributed by atoms with Gasteiger partial charge in [-0.1, -0.05) is 30.3 Å². The van der Waals surface area contributed by atoms with E-state index in [1.807, 2.05) is 26.0 Å². The third kappa shape index (κ3) is 6.22. The Morgan fingerprint density at radius 2 is 1.83 bits per heavy atom. The van der Waals surface area contributed by atoms with Crippen LogP contribution in [-0.4, -0.2) is 34.2 Å². The van der Waals surface area contributed by atoms with Crippen molar-refractivity contribution in [3.05, 3.63) is 59.2 Å². The lowest BCUT2D eigenvalue weighted by molar-refractivity contribution is -0.121. The van der Waals surface area contributed by atoms with E-state index >= 15 is 0 Å². The second kappa shape index (κ2) is 9.78. The normalized spacial score (nSPS) is 12.3. The zero-order chi connectivity index (χ0) is 21.6. The molecule has 0 aliphatic carbocycles. The van der Waals surface area contributed by atoms with Crippen LogP contribution in [0, 0.1) is 13.8 Å². The summed E-state index contributed by atoms with van der Waals surface area (Å²) in [6.45, 7) is 6.24. The predicted octanol–water partition coefficient (Wildman–Crippen LogP) is 3.74. The van der Waals surface area contributed by atoms with E-state index < -0.39 is 10.0 Å². The highest BCUT2D eigenvalue weighted by Gasteiger charge is 2.21. The van der Waals surface area contributed by atoms with Crippen LogP contribution < -0.4 is 14.4 Å². The maximum Gasteiger partial charge on any atom is 0.232 e. The summed E-state index contributed by atoms with van der Waals surface area (Å²) in [5.74, 6) is 0.370. The van der Waals surface area contributed by atoms with E-state index in [-0.39, 0.29) is 24.9 Å². The first-order valence-electron chi connectivity index (χ1n) is 9.60. The predicted molar refractivity (Wildman–Crippen MR) is 117 cm³/mol. The molecular weight excluding hydrogens is 388 g/mol. The number of nitrogens with one attached hydrogen (secondary N) is 1. The number of ether oxygens (including phenoxy) is 1. The molecule has 0 bridgehead atoms. The minimum absolute atomic E-state index is 0.107. The van der Waals surface area contributed by atoms with Gasteiger partial charge < -0.3 is 10.1 Å². The molecule has 0 spiro atoms. The third-order valence-electron chi connectivity index (χ3n) is 4.93. The fraction of sp³-hybridized carbons (Fsp3) is 0.409. The van der Waals surface area contributed by atoms with Crippen molar-refractivity contribution >= 4 is 21.6 Å². The Hall–Kier alpha value is -2.54. The fourth-order valence-corrected chi connectivity index (χ4v) is 4.08. The standard InChI is InChI=1S/C22H30N2O4S/c1-16-12-13-19(15-17(16)2)18(3)23-22(25)11-8-14-24(29(5,26)27)20-9-6-7-10-21(20)28-4/h6-7,9-10,12-13,15,18H,8,11,14H2,1-5H3,(H,23,25)/t18-/m0/s1. The van der Waals surface area contributed by atoms with Crippen LogP contribution >= 0.6 is 0 Å². The lowest BCUT2D eigenvalue weighted by Gasteiger charge is -2.24. The molecule has 0 heterocycles. The average Bonchev–Trinajstić information content (AvgIpc) is 2.66. The molecule has 0 radical (unpaired) electrons. The molecule has 0 unspecified atom stereocenters. The molecule has 7 heteroatoms. The van der Waals surface area contributed by atoms with Gasteiger partial charge in [0.1, 0.15) is 5.75 Å². The second-order valence-corrected chi connectivity index (χ2v) is 9.15. The van der Waals surface area contributed by atoms with Crippen molar-refractivity contribution in [2.75, 3.05) is 24.2 Å². The SMILES string of the molecule is COc1ccccc1N(CCCC(=O)N[C@@H](C)c1ccc(C)c(C)c1)S(C)(=O)=O. The molecule has 2 aromatic rings. The highest BCUT2D eigenvalue weighted by atomic mass is 32.2. The number of nitrogens with zero attached hydrogens (tertiary/aromatic N) is 1. The van der Waals surface area contributed by atoms with E-state index in [9.17, 15) is 13.2 Å². The Kier molecular flexibility index (Phi) is 7.67. The highest BCUT2D eigenvalue weighted by Crippen LogP contribution is 2.29. The van der Waals surface area contributed by atoms with Crippen molar-refractivity contribution in [1.29, 1.82) is 0 Å². The van der Waals surface area contributed by atoms with Crippen molar-refractivity contribution in [3.8, 4) is 5.75 Å². The lowest BCUT2D eigenvalue weighted by Crippen LogP contribution is -2.32. The number of carbonyl (C=O) groups is 1.